The van der Waals surface area contributed by atoms with Gasteiger partial charge in [0.1, 0.15) is 0 Å². The van der Waals surface area contributed by atoms with E-state index in [9.17, 15) is 8.96 Å². The average molecular weight is 337 g/mol. The van der Waals surface area contributed by atoms with Gasteiger partial charge in [0, 0.05) is 4.47 Å². The molecule has 0 saturated heterocycles. The van der Waals surface area contributed by atoms with E-state index in [1.54, 1.807) is 32.0 Å². The molecular weight excluding hydrogens is 322 g/mol. The Labute approximate surface area is 115 Å². The minimum atomic E-state index is -3.82. The van der Waals surface area contributed by atoms with Gasteiger partial charge in [0.25, 0.3) is 0 Å². The van der Waals surface area contributed by atoms with Crippen LogP contribution in [0.25, 0.3) is 6.08 Å². The maximum atomic E-state index is 14.0. The second-order valence-electron chi connectivity index (χ2n) is 3.32. The molecule has 0 aliphatic carbocycles. The van der Waals surface area contributed by atoms with Gasteiger partial charge in [0.15, 0.2) is 0 Å². The standard InChI is InChI=1S/C12H15BrFO3P/c1-3-16-18(15,17-4-2)12(14)9-10-7-5-6-8-11(10)13/h5-9H,3-4H2,1-2H3/b12-9+. The molecule has 6 heteroatoms. The van der Waals surface area contributed by atoms with Crippen molar-refractivity contribution < 1.29 is 18.0 Å². The van der Waals surface area contributed by atoms with Gasteiger partial charge in [-0.2, -0.15) is 4.39 Å². The fraction of sp³-hybridized carbons (Fsp3) is 0.333. The first-order valence-electron chi connectivity index (χ1n) is 5.55. The highest BCUT2D eigenvalue weighted by molar-refractivity contribution is 9.10. The Morgan fingerprint density at radius 2 is 1.89 bits per heavy atom. The van der Waals surface area contributed by atoms with Gasteiger partial charge in [-0.25, -0.2) is 0 Å². The molecule has 0 aliphatic rings. The van der Waals surface area contributed by atoms with Crippen LogP contribution in [-0.4, -0.2) is 13.2 Å². The smallest absolute Gasteiger partial charge is 0.304 e. The van der Waals surface area contributed by atoms with E-state index in [1.807, 2.05) is 6.07 Å². The van der Waals surface area contributed by atoms with E-state index in [2.05, 4.69) is 15.9 Å². The van der Waals surface area contributed by atoms with Crippen molar-refractivity contribution in [2.45, 2.75) is 13.8 Å². The summed E-state index contributed by atoms with van der Waals surface area (Å²) in [6.45, 7) is 3.51. The lowest BCUT2D eigenvalue weighted by atomic mass is 10.2. The molecule has 100 valence electrons. The zero-order chi connectivity index (χ0) is 13.6. The van der Waals surface area contributed by atoms with E-state index in [0.717, 1.165) is 6.08 Å². The van der Waals surface area contributed by atoms with E-state index in [0.29, 0.717) is 10.0 Å². The molecule has 0 saturated carbocycles. The normalized spacial score (nSPS) is 12.8. The fourth-order valence-electron chi connectivity index (χ4n) is 1.30. The van der Waals surface area contributed by atoms with Crippen molar-refractivity contribution in [2.24, 2.45) is 0 Å². The van der Waals surface area contributed by atoms with Crippen LogP contribution in [0.4, 0.5) is 4.39 Å². The number of halogens is 2. The Morgan fingerprint density at radius 3 is 2.39 bits per heavy atom. The lowest BCUT2D eigenvalue weighted by Gasteiger charge is -2.14. The first-order valence-corrected chi connectivity index (χ1v) is 7.88. The summed E-state index contributed by atoms with van der Waals surface area (Å²) in [5.41, 5.74) is -0.312. The molecule has 0 fully saturated rings. The largest absolute Gasteiger partial charge is 0.389 e. The Hall–Kier alpha value is -0.480. The molecule has 0 amide bonds. The molecule has 1 aromatic rings. The van der Waals surface area contributed by atoms with Crippen LogP contribution in [-0.2, 0) is 13.6 Å². The average Bonchev–Trinajstić information content (AvgIpc) is 2.32. The summed E-state index contributed by atoms with van der Waals surface area (Å²) in [4.78, 5) is 0. The van der Waals surface area contributed by atoms with E-state index >= 15 is 0 Å². The molecule has 0 spiro atoms. The van der Waals surface area contributed by atoms with Crippen molar-refractivity contribution in [1.82, 2.24) is 0 Å². The van der Waals surface area contributed by atoms with Crippen molar-refractivity contribution in [3.05, 3.63) is 39.9 Å². The number of rotatable bonds is 6. The molecule has 0 heterocycles. The van der Waals surface area contributed by atoms with Crippen molar-refractivity contribution in [2.75, 3.05) is 13.2 Å². The maximum absolute atomic E-state index is 14.0. The molecule has 0 atom stereocenters. The van der Waals surface area contributed by atoms with Crippen molar-refractivity contribution in [3.8, 4) is 0 Å². The Morgan fingerprint density at radius 1 is 1.33 bits per heavy atom. The van der Waals surface area contributed by atoms with Gasteiger partial charge in [-0.15, -0.1) is 0 Å². The van der Waals surface area contributed by atoms with Crippen LogP contribution in [0.1, 0.15) is 19.4 Å². The van der Waals surface area contributed by atoms with E-state index in [-0.39, 0.29) is 13.2 Å². The predicted octanol–water partition coefficient (Wildman–Crippen LogP) is 4.98. The number of benzene rings is 1. The molecule has 0 aromatic heterocycles. The fourth-order valence-corrected chi connectivity index (χ4v) is 3.00. The monoisotopic (exact) mass is 336 g/mol. The molecular formula is C12H15BrFO3P. The SMILES string of the molecule is CCOP(=O)(OCC)/C(F)=C/c1ccccc1Br. The van der Waals surface area contributed by atoms with Gasteiger partial charge in [0.2, 0.25) is 5.57 Å². The second-order valence-corrected chi connectivity index (χ2v) is 6.11. The van der Waals surface area contributed by atoms with Gasteiger partial charge >= 0.3 is 7.60 Å². The summed E-state index contributed by atoms with van der Waals surface area (Å²) >= 11 is 3.29. The molecule has 0 unspecified atom stereocenters. The topological polar surface area (TPSA) is 35.5 Å². The summed E-state index contributed by atoms with van der Waals surface area (Å²) in [7, 11) is -3.82. The van der Waals surface area contributed by atoms with Crippen LogP contribution >= 0.6 is 23.5 Å². The lowest BCUT2D eigenvalue weighted by Crippen LogP contribution is -1.96. The highest BCUT2D eigenvalue weighted by Crippen LogP contribution is 2.57. The van der Waals surface area contributed by atoms with Gasteiger partial charge in [-0.3, -0.25) is 4.57 Å². The summed E-state index contributed by atoms with van der Waals surface area (Å²) in [5.74, 6) is 0. The minimum Gasteiger partial charge on any atom is -0.304 e. The quantitative estimate of drug-likeness (QED) is 0.687. The highest BCUT2D eigenvalue weighted by atomic mass is 79.9. The first kappa shape index (κ1) is 15.6. The van der Waals surface area contributed by atoms with E-state index < -0.39 is 13.2 Å². The Bertz CT molecular complexity index is 466. The molecule has 3 nitrogen and oxygen atoms in total. The molecule has 1 aromatic carbocycles. The van der Waals surface area contributed by atoms with E-state index in [1.165, 1.54) is 0 Å². The Kier molecular flexibility index (Phi) is 6.22. The van der Waals surface area contributed by atoms with Crippen molar-refractivity contribution in [1.29, 1.82) is 0 Å². The second kappa shape index (κ2) is 7.19. The lowest BCUT2D eigenvalue weighted by molar-refractivity contribution is 0.220. The van der Waals surface area contributed by atoms with Crippen LogP contribution in [0.2, 0.25) is 0 Å². The van der Waals surface area contributed by atoms with Crippen molar-refractivity contribution >= 4 is 29.6 Å². The summed E-state index contributed by atoms with van der Waals surface area (Å²) in [6.07, 6.45) is 1.16. The Balaban J connectivity index is 3.07. The third kappa shape index (κ3) is 4.02. The zero-order valence-corrected chi connectivity index (χ0v) is 12.7. The van der Waals surface area contributed by atoms with E-state index in [4.69, 9.17) is 9.05 Å². The molecule has 0 N–H and O–H groups in total. The molecule has 1 rings (SSSR count). The van der Waals surface area contributed by atoms with Gasteiger partial charge in [-0.1, -0.05) is 34.1 Å². The molecule has 18 heavy (non-hydrogen) atoms. The first-order chi connectivity index (χ1) is 8.53. The van der Waals surface area contributed by atoms with Crippen LogP contribution in [0.5, 0.6) is 0 Å². The van der Waals surface area contributed by atoms with Gasteiger partial charge in [-0.05, 0) is 31.6 Å². The highest BCUT2D eigenvalue weighted by Gasteiger charge is 2.30. The predicted molar refractivity (Wildman–Crippen MR) is 74.1 cm³/mol. The van der Waals surface area contributed by atoms with Crippen LogP contribution < -0.4 is 0 Å². The van der Waals surface area contributed by atoms with Gasteiger partial charge in [0.05, 0.1) is 13.2 Å². The maximum Gasteiger partial charge on any atom is 0.389 e. The summed E-state index contributed by atoms with van der Waals surface area (Å²) in [6, 6.07) is 7.04. The summed E-state index contributed by atoms with van der Waals surface area (Å²) in [5, 5.41) is 0. The van der Waals surface area contributed by atoms with Gasteiger partial charge < -0.3 is 9.05 Å². The third-order valence-corrected chi connectivity index (χ3v) is 4.61. The number of hydrogen-bond acceptors (Lipinski definition) is 3. The number of hydrogen-bond donors (Lipinski definition) is 0. The van der Waals surface area contributed by atoms with Crippen LogP contribution in [0.3, 0.4) is 0 Å². The van der Waals surface area contributed by atoms with Crippen LogP contribution in [0.15, 0.2) is 34.3 Å². The van der Waals surface area contributed by atoms with Crippen LogP contribution in [0, 0.1) is 0 Å². The zero-order valence-electron chi connectivity index (χ0n) is 10.2. The summed E-state index contributed by atoms with van der Waals surface area (Å²) < 4.78 is 36.7. The molecule has 0 radical (unpaired) electrons. The molecule has 0 bridgehead atoms. The van der Waals surface area contributed by atoms with Crippen molar-refractivity contribution in [3.63, 3.8) is 0 Å². The third-order valence-electron chi connectivity index (χ3n) is 2.04. The minimum absolute atomic E-state index is 0.120. The molecule has 0 aliphatic heterocycles.